The maximum Gasteiger partial charge on any atom is 2.00 e. The molecular weight excluding hydrogens is 328 g/mol. The zero-order chi connectivity index (χ0) is 8.13. The third-order valence-electron chi connectivity index (χ3n) is 3.09. The fraction of sp³-hybridized carbons (Fsp3) is 0.333. The van der Waals surface area contributed by atoms with Gasteiger partial charge in [0.15, 0.2) is 0 Å². The van der Waals surface area contributed by atoms with Gasteiger partial charge in [-0.25, -0.2) is 0 Å². The van der Waals surface area contributed by atoms with Crippen LogP contribution in [0.15, 0.2) is 36.0 Å². The van der Waals surface area contributed by atoms with E-state index in [0.29, 0.717) is 11.8 Å². The van der Waals surface area contributed by atoms with Crippen LogP contribution in [-0.4, -0.2) is 0 Å². The van der Waals surface area contributed by atoms with Gasteiger partial charge in [0, 0.05) is 0 Å². The molecule has 0 saturated heterocycles. The van der Waals surface area contributed by atoms with Gasteiger partial charge in [0.2, 0.25) is 0 Å². The van der Waals surface area contributed by atoms with Crippen LogP contribution in [0.5, 0.6) is 0 Å². The van der Waals surface area contributed by atoms with Gasteiger partial charge in [0.1, 0.15) is 0 Å². The van der Waals surface area contributed by atoms with E-state index in [9.17, 15) is 0 Å². The molecule has 1 saturated carbocycles. The second kappa shape index (κ2) is 3.10. The van der Waals surface area contributed by atoms with Crippen LogP contribution >= 0.6 is 0 Å². The van der Waals surface area contributed by atoms with Crippen molar-refractivity contribution in [2.75, 3.05) is 0 Å². The average Bonchev–Trinajstić information content (AvgIpc) is 2.82. The standard InChI is InChI=1S/C12H10.W/c1-2-9-7-8-3-5-10-11(6-4-8)12(9)10;/h1-6,8,10-12H;/q-2;+2. The molecule has 0 radical (unpaired) electrons. The first-order valence-corrected chi connectivity index (χ1v) is 4.45. The first-order chi connectivity index (χ1) is 5.90. The van der Waals surface area contributed by atoms with Crippen LogP contribution in [0.25, 0.3) is 0 Å². The van der Waals surface area contributed by atoms with E-state index in [0.717, 1.165) is 11.8 Å². The maximum absolute atomic E-state index is 5.56. The molecule has 13 heavy (non-hydrogen) atoms. The first-order valence-electron chi connectivity index (χ1n) is 4.45. The van der Waals surface area contributed by atoms with Crippen molar-refractivity contribution in [1.82, 2.24) is 0 Å². The van der Waals surface area contributed by atoms with Gasteiger partial charge in [-0.15, -0.1) is 5.92 Å². The molecule has 2 atom stereocenters. The minimum atomic E-state index is 0. The molecule has 4 aliphatic rings. The van der Waals surface area contributed by atoms with Crippen molar-refractivity contribution in [3.05, 3.63) is 48.6 Å². The van der Waals surface area contributed by atoms with Crippen LogP contribution in [0.1, 0.15) is 0 Å². The van der Waals surface area contributed by atoms with Crippen molar-refractivity contribution in [2.24, 2.45) is 23.7 Å². The van der Waals surface area contributed by atoms with Gasteiger partial charge in [-0.2, -0.15) is 0 Å². The van der Waals surface area contributed by atoms with E-state index in [1.165, 1.54) is 5.57 Å². The summed E-state index contributed by atoms with van der Waals surface area (Å²) in [6.45, 7) is 5.56. The van der Waals surface area contributed by atoms with Gasteiger partial charge in [-0.3, -0.25) is 0 Å². The van der Waals surface area contributed by atoms with E-state index in [4.69, 9.17) is 6.58 Å². The van der Waals surface area contributed by atoms with Crippen molar-refractivity contribution in [3.63, 3.8) is 0 Å². The molecule has 4 bridgehead atoms. The van der Waals surface area contributed by atoms with Gasteiger partial charge in [-0.1, -0.05) is 30.2 Å². The molecule has 0 N–H and O–H groups in total. The number of hydrogen-bond donors (Lipinski definition) is 0. The Kier molecular flexibility index (Phi) is 2.20. The third-order valence-corrected chi connectivity index (χ3v) is 3.09. The first kappa shape index (κ1) is 9.21. The Labute approximate surface area is 93.4 Å². The van der Waals surface area contributed by atoms with E-state index in [2.05, 4.69) is 30.4 Å². The Bertz CT molecular complexity index is 302. The summed E-state index contributed by atoms with van der Waals surface area (Å²) in [7, 11) is 0. The maximum atomic E-state index is 5.56. The second-order valence-electron chi connectivity index (χ2n) is 3.74. The van der Waals surface area contributed by atoms with E-state index >= 15 is 0 Å². The molecule has 2 unspecified atom stereocenters. The monoisotopic (exact) mass is 338 g/mol. The smallest absolute Gasteiger partial charge is 0.394 e. The molecule has 1 heteroatoms. The summed E-state index contributed by atoms with van der Waals surface area (Å²) in [4.78, 5) is 0. The van der Waals surface area contributed by atoms with Crippen LogP contribution in [-0.2, 0) is 21.1 Å². The fourth-order valence-electron chi connectivity index (χ4n) is 2.37. The Morgan fingerprint density at radius 2 is 1.77 bits per heavy atom. The van der Waals surface area contributed by atoms with Gasteiger partial charge >= 0.3 is 21.1 Å². The fourth-order valence-corrected chi connectivity index (χ4v) is 2.37. The van der Waals surface area contributed by atoms with Crippen molar-refractivity contribution < 1.29 is 21.1 Å². The Morgan fingerprint density at radius 1 is 1.15 bits per heavy atom. The summed E-state index contributed by atoms with van der Waals surface area (Å²) in [5.41, 5.74) is 1.23. The van der Waals surface area contributed by atoms with Crippen molar-refractivity contribution in [1.29, 1.82) is 0 Å². The molecule has 0 aromatic rings. The van der Waals surface area contributed by atoms with Gasteiger partial charge in [0.25, 0.3) is 0 Å². The van der Waals surface area contributed by atoms with E-state index in [1.807, 2.05) is 0 Å². The van der Waals surface area contributed by atoms with Crippen molar-refractivity contribution in [3.8, 4) is 0 Å². The topological polar surface area (TPSA) is 0 Å². The summed E-state index contributed by atoms with van der Waals surface area (Å²) in [6.07, 6.45) is 14.3. The molecule has 64 valence electrons. The van der Waals surface area contributed by atoms with Crippen molar-refractivity contribution >= 4 is 0 Å². The minimum absolute atomic E-state index is 0. The predicted octanol–water partition coefficient (Wildman–Crippen LogP) is 2.32. The summed E-state index contributed by atoms with van der Waals surface area (Å²) in [6, 6.07) is 0. The Hall–Kier alpha value is -0.352. The Balaban J connectivity index is 0.000000653. The second-order valence-corrected chi connectivity index (χ2v) is 3.74. The van der Waals surface area contributed by atoms with E-state index < -0.39 is 0 Å². The molecule has 0 nitrogen and oxygen atoms in total. The summed E-state index contributed by atoms with van der Waals surface area (Å²) in [5.74, 6) is 2.46. The molecule has 0 aromatic carbocycles. The molecule has 4 rings (SSSR count). The summed E-state index contributed by atoms with van der Waals surface area (Å²) < 4.78 is 0. The zero-order valence-electron chi connectivity index (χ0n) is 7.18. The SMILES string of the molecule is [CH-]=CC1=[C-]C2C=CC3C(C=C2)C13.[W+2]. The molecule has 0 aliphatic heterocycles. The number of rotatable bonds is 1. The quantitative estimate of drug-likeness (QED) is 0.509. The van der Waals surface area contributed by atoms with E-state index in [-0.39, 0.29) is 21.1 Å². The zero-order valence-corrected chi connectivity index (χ0v) is 10.1. The number of allylic oxidation sites excluding steroid dienone is 7. The van der Waals surface area contributed by atoms with Crippen LogP contribution < -0.4 is 0 Å². The number of hydrogen-bond acceptors (Lipinski definition) is 0. The molecule has 1 fully saturated rings. The molecular formula is C12H10W. The normalized spacial score (nSPS) is 42.9. The average molecular weight is 338 g/mol. The van der Waals surface area contributed by atoms with Gasteiger partial charge < -0.3 is 24.3 Å². The molecule has 0 amide bonds. The largest absolute Gasteiger partial charge is 2.00 e. The summed E-state index contributed by atoms with van der Waals surface area (Å²) in [5, 5.41) is 0. The predicted molar refractivity (Wildman–Crippen MR) is 47.9 cm³/mol. The Morgan fingerprint density at radius 3 is 2.31 bits per heavy atom. The molecule has 0 spiro atoms. The molecule has 0 aromatic heterocycles. The van der Waals surface area contributed by atoms with Crippen LogP contribution in [0, 0.1) is 36.3 Å². The summed E-state index contributed by atoms with van der Waals surface area (Å²) >= 11 is 0. The van der Waals surface area contributed by atoms with Crippen LogP contribution in [0.3, 0.4) is 0 Å². The minimum Gasteiger partial charge on any atom is -0.394 e. The third kappa shape index (κ3) is 1.23. The van der Waals surface area contributed by atoms with Crippen LogP contribution in [0.4, 0.5) is 0 Å². The van der Waals surface area contributed by atoms with Crippen LogP contribution in [0.2, 0.25) is 0 Å². The molecule has 0 heterocycles. The van der Waals surface area contributed by atoms with Gasteiger partial charge in [0.05, 0.1) is 0 Å². The van der Waals surface area contributed by atoms with Crippen molar-refractivity contribution in [2.45, 2.75) is 0 Å². The van der Waals surface area contributed by atoms with E-state index in [1.54, 1.807) is 6.08 Å². The van der Waals surface area contributed by atoms with Gasteiger partial charge in [-0.05, 0) is 11.8 Å². The molecule has 4 aliphatic carbocycles.